The summed E-state index contributed by atoms with van der Waals surface area (Å²) in [6.45, 7) is 1.66. The van der Waals surface area contributed by atoms with Crippen molar-refractivity contribution in [2.24, 2.45) is 11.7 Å². The molecule has 1 aliphatic rings. The van der Waals surface area contributed by atoms with E-state index in [0.717, 1.165) is 0 Å². The van der Waals surface area contributed by atoms with Gasteiger partial charge in [-0.1, -0.05) is 6.92 Å². The van der Waals surface area contributed by atoms with Gasteiger partial charge in [0, 0.05) is 12.5 Å². The minimum Gasteiger partial charge on any atom is -0.480 e. The first kappa shape index (κ1) is 15.9. The number of aliphatic carboxylic acids is 1. The summed E-state index contributed by atoms with van der Waals surface area (Å²) in [6, 6.07) is -0.529. The quantitative estimate of drug-likeness (QED) is 0.653. The molecule has 0 spiro atoms. The van der Waals surface area contributed by atoms with Gasteiger partial charge in [0.1, 0.15) is 6.54 Å². The van der Waals surface area contributed by atoms with Gasteiger partial charge in [0.05, 0.1) is 11.5 Å². The van der Waals surface area contributed by atoms with E-state index in [1.807, 2.05) is 0 Å². The highest BCUT2D eigenvalue weighted by Crippen LogP contribution is 2.19. The minimum atomic E-state index is -3.16. The maximum atomic E-state index is 12.1. The predicted octanol–water partition coefficient (Wildman–Crippen LogP) is -0.928. The van der Waals surface area contributed by atoms with Crippen LogP contribution in [0.1, 0.15) is 19.8 Å². The molecule has 2 atom stereocenters. The standard InChI is InChI=1S/C11H20N2O5S/c1-8(5-12)4-10(14)13(6-11(15)16)9-2-3-19(17,18)7-9/h8-9H,2-7,12H2,1H3,(H,15,16). The van der Waals surface area contributed by atoms with Crippen LogP contribution in [-0.2, 0) is 19.4 Å². The highest BCUT2D eigenvalue weighted by molar-refractivity contribution is 7.91. The number of carbonyl (C=O) groups excluding carboxylic acids is 1. The fourth-order valence-electron chi connectivity index (χ4n) is 2.09. The third-order valence-electron chi connectivity index (χ3n) is 3.20. The Labute approximate surface area is 112 Å². The Morgan fingerprint density at radius 3 is 2.53 bits per heavy atom. The van der Waals surface area contributed by atoms with Gasteiger partial charge < -0.3 is 15.7 Å². The van der Waals surface area contributed by atoms with Crippen molar-refractivity contribution in [1.29, 1.82) is 0 Å². The van der Waals surface area contributed by atoms with E-state index in [1.165, 1.54) is 4.90 Å². The van der Waals surface area contributed by atoms with E-state index >= 15 is 0 Å². The van der Waals surface area contributed by atoms with Gasteiger partial charge in [-0.15, -0.1) is 0 Å². The normalized spacial score (nSPS) is 22.9. The highest BCUT2D eigenvalue weighted by Gasteiger charge is 2.35. The first-order valence-corrected chi connectivity index (χ1v) is 7.99. The van der Waals surface area contributed by atoms with E-state index in [1.54, 1.807) is 6.92 Å². The molecule has 7 nitrogen and oxygen atoms in total. The van der Waals surface area contributed by atoms with Gasteiger partial charge in [-0.3, -0.25) is 9.59 Å². The van der Waals surface area contributed by atoms with Crippen molar-refractivity contribution in [3.8, 4) is 0 Å². The smallest absolute Gasteiger partial charge is 0.323 e. The van der Waals surface area contributed by atoms with Crippen molar-refractivity contribution in [2.75, 3.05) is 24.6 Å². The molecule has 110 valence electrons. The third kappa shape index (κ3) is 4.79. The summed E-state index contributed by atoms with van der Waals surface area (Å²) in [4.78, 5) is 24.0. The molecule has 8 heteroatoms. The highest BCUT2D eigenvalue weighted by atomic mass is 32.2. The van der Waals surface area contributed by atoms with Crippen LogP contribution in [0.25, 0.3) is 0 Å². The van der Waals surface area contributed by atoms with Gasteiger partial charge >= 0.3 is 5.97 Å². The summed E-state index contributed by atoms with van der Waals surface area (Å²) in [5.41, 5.74) is 5.44. The van der Waals surface area contributed by atoms with E-state index in [4.69, 9.17) is 10.8 Å². The van der Waals surface area contributed by atoms with Gasteiger partial charge in [0.25, 0.3) is 0 Å². The Morgan fingerprint density at radius 2 is 2.11 bits per heavy atom. The SMILES string of the molecule is CC(CN)CC(=O)N(CC(=O)O)C1CCS(=O)(=O)C1. The molecule has 3 N–H and O–H groups in total. The molecule has 1 amide bonds. The van der Waals surface area contributed by atoms with Gasteiger partial charge in [0.2, 0.25) is 5.91 Å². The molecule has 0 bridgehead atoms. The van der Waals surface area contributed by atoms with Crippen molar-refractivity contribution in [1.82, 2.24) is 4.90 Å². The van der Waals surface area contributed by atoms with E-state index in [-0.39, 0.29) is 29.8 Å². The molecule has 19 heavy (non-hydrogen) atoms. The molecule has 0 saturated carbocycles. The van der Waals surface area contributed by atoms with Gasteiger partial charge in [-0.2, -0.15) is 0 Å². The average Bonchev–Trinajstić information content (AvgIpc) is 2.65. The zero-order chi connectivity index (χ0) is 14.6. The number of sulfone groups is 1. The monoisotopic (exact) mass is 292 g/mol. The summed E-state index contributed by atoms with van der Waals surface area (Å²) in [6.07, 6.45) is 0.443. The van der Waals surface area contributed by atoms with Crippen LogP contribution >= 0.6 is 0 Å². The van der Waals surface area contributed by atoms with Crippen molar-refractivity contribution >= 4 is 21.7 Å². The lowest BCUT2D eigenvalue weighted by molar-refractivity contribution is -0.146. The van der Waals surface area contributed by atoms with Crippen LogP contribution in [0.3, 0.4) is 0 Å². The number of hydrogen-bond donors (Lipinski definition) is 2. The van der Waals surface area contributed by atoms with Crippen LogP contribution in [0.15, 0.2) is 0 Å². The fraction of sp³-hybridized carbons (Fsp3) is 0.818. The zero-order valence-corrected chi connectivity index (χ0v) is 11.7. The molecule has 2 unspecified atom stereocenters. The number of carboxylic acids is 1. The summed E-state index contributed by atoms with van der Waals surface area (Å²) >= 11 is 0. The maximum absolute atomic E-state index is 12.1. The molecular formula is C11H20N2O5S. The molecule has 0 aromatic rings. The van der Waals surface area contributed by atoms with Crippen LogP contribution in [0.4, 0.5) is 0 Å². The summed E-state index contributed by atoms with van der Waals surface area (Å²) < 4.78 is 22.9. The van der Waals surface area contributed by atoms with Crippen LogP contribution < -0.4 is 5.73 Å². The predicted molar refractivity (Wildman–Crippen MR) is 69.2 cm³/mol. The Balaban J connectivity index is 2.77. The molecule has 1 saturated heterocycles. The van der Waals surface area contributed by atoms with Crippen LogP contribution in [0.2, 0.25) is 0 Å². The number of carboxylic acid groups (broad SMARTS) is 1. The van der Waals surface area contributed by atoms with Crippen LogP contribution in [0.5, 0.6) is 0 Å². The van der Waals surface area contributed by atoms with E-state index < -0.39 is 28.4 Å². The lowest BCUT2D eigenvalue weighted by Gasteiger charge is -2.27. The van der Waals surface area contributed by atoms with Crippen LogP contribution in [-0.4, -0.2) is 60.9 Å². The Kier molecular flexibility index (Phi) is 5.30. The minimum absolute atomic E-state index is 0.00745. The molecule has 1 rings (SSSR count). The van der Waals surface area contributed by atoms with Gasteiger partial charge in [-0.25, -0.2) is 8.42 Å². The zero-order valence-electron chi connectivity index (χ0n) is 10.9. The molecule has 0 aliphatic carbocycles. The first-order chi connectivity index (χ1) is 8.75. The second-order valence-corrected chi connectivity index (χ2v) is 7.25. The second kappa shape index (κ2) is 6.33. The summed E-state index contributed by atoms with van der Waals surface area (Å²) in [5.74, 6) is -1.68. The van der Waals surface area contributed by atoms with E-state index in [9.17, 15) is 18.0 Å². The number of amides is 1. The van der Waals surface area contributed by atoms with Crippen molar-refractivity contribution in [2.45, 2.75) is 25.8 Å². The molecule has 0 aromatic heterocycles. The Hall–Kier alpha value is -1.15. The van der Waals surface area contributed by atoms with Gasteiger partial charge in [0.15, 0.2) is 9.84 Å². The molecule has 0 radical (unpaired) electrons. The Bertz CT molecular complexity index is 448. The van der Waals surface area contributed by atoms with E-state index in [2.05, 4.69) is 0 Å². The maximum Gasteiger partial charge on any atom is 0.323 e. The number of carbonyl (C=O) groups is 2. The number of hydrogen-bond acceptors (Lipinski definition) is 5. The van der Waals surface area contributed by atoms with Crippen LogP contribution in [0, 0.1) is 5.92 Å². The topological polar surface area (TPSA) is 118 Å². The van der Waals surface area contributed by atoms with Crippen molar-refractivity contribution in [3.63, 3.8) is 0 Å². The average molecular weight is 292 g/mol. The second-order valence-electron chi connectivity index (χ2n) is 5.02. The molecule has 0 aromatic carbocycles. The summed E-state index contributed by atoms with van der Waals surface area (Å²) in [7, 11) is -3.16. The third-order valence-corrected chi connectivity index (χ3v) is 4.95. The number of rotatable bonds is 6. The number of nitrogens with zero attached hydrogens (tertiary/aromatic N) is 1. The molecule has 1 fully saturated rings. The number of nitrogens with two attached hydrogens (primary N) is 1. The summed E-state index contributed by atoms with van der Waals surface area (Å²) in [5, 5.41) is 8.85. The lowest BCUT2D eigenvalue weighted by Crippen LogP contribution is -2.45. The Morgan fingerprint density at radius 1 is 1.47 bits per heavy atom. The van der Waals surface area contributed by atoms with E-state index in [0.29, 0.717) is 13.0 Å². The van der Waals surface area contributed by atoms with Gasteiger partial charge in [-0.05, 0) is 18.9 Å². The van der Waals surface area contributed by atoms with Crippen molar-refractivity contribution in [3.05, 3.63) is 0 Å². The molecule has 1 heterocycles. The lowest BCUT2D eigenvalue weighted by atomic mass is 10.1. The van der Waals surface area contributed by atoms with Crippen molar-refractivity contribution < 1.29 is 23.1 Å². The first-order valence-electron chi connectivity index (χ1n) is 6.17. The molecular weight excluding hydrogens is 272 g/mol. The molecule has 1 aliphatic heterocycles. The largest absolute Gasteiger partial charge is 0.480 e. The fourth-order valence-corrected chi connectivity index (χ4v) is 3.82.